The number of halogens is 1. The zero-order chi connectivity index (χ0) is 15.7. The largest absolute Gasteiger partial charge is 0.399 e. The zero-order valence-electron chi connectivity index (χ0n) is 12.1. The maximum absolute atomic E-state index is 13.7. The van der Waals surface area contributed by atoms with Crippen molar-refractivity contribution < 1.29 is 9.18 Å². The molecular formula is C17H16FN3O. The van der Waals surface area contributed by atoms with E-state index in [1.54, 1.807) is 60.2 Å². The molecule has 1 heterocycles. The summed E-state index contributed by atoms with van der Waals surface area (Å²) in [6, 6.07) is 13.0. The molecule has 0 saturated carbocycles. The van der Waals surface area contributed by atoms with Crippen LogP contribution < -0.4 is 11.1 Å². The number of carbonyl (C=O) groups is 1. The minimum Gasteiger partial charge on any atom is -0.399 e. The first kappa shape index (κ1) is 14.1. The van der Waals surface area contributed by atoms with Gasteiger partial charge in [-0.2, -0.15) is 0 Å². The van der Waals surface area contributed by atoms with Crippen LogP contribution in [0.3, 0.4) is 0 Å². The van der Waals surface area contributed by atoms with Crippen molar-refractivity contribution >= 4 is 28.2 Å². The van der Waals surface area contributed by atoms with Crippen LogP contribution in [0.2, 0.25) is 0 Å². The van der Waals surface area contributed by atoms with E-state index in [-0.39, 0.29) is 11.7 Å². The Hall–Kier alpha value is -2.82. The van der Waals surface area contributed by atoms with E-state index >= 15 is 0 Å². The van der Waals surface area contributed by atoms with Crippen LogP contribution >= 0.6 is 0 Å². The van der Waals surface area contributed by atoms with Crippen LogP contribution in [-0.4, -0.2) is 10.5 Å². The molecule has 1 amide bonds. The van der Waals surface area contributed by atoms with Gasteiger partial charge in [0, 0.05) is 23.0 Å². The number of anilines is 2. The smallest absolute Gasteiger partial charge is 0.247 e. The van der Waals surface area contributed by atoms with E-state index in [0.717, 1.165) is 0 Å². The third-order valence-corrected chi connectivity index (χ3v) is 3.68. The van der Waals surface area contributed by atoms with Gasteiger partial charge in [0.2, 0.25) is 5.91 Å². The summed E-state index contributed by atoms with van der Waals surface area (Å²) in [5, 5.41) is 3.34. The van der Waals surface area contributed by atoms with Crippen LogP contribution in [0.15, 0.2) is 54.7 Å². The van der Waals surface area contributed by atoms with Crippen LogP contribution in [0.5, 0.6) is 0 Å². The van der Waals surface area contributed by atoms with Gasteiger partial charge in [-0.05, 0) is 49.4 Å². The van der Waals surface area contributed by atoms with Gasteiger partial charge >= 0.3 is 0 Å². The molecule has 1 aromatic heterocycles. The summed E-state index contributed by atoms with van der Waals surface area (Å²) in [5.41, 5.74) is 7.62. The van der Waals surface area contributed by atoms with Crippen LogP contribution in [0, 0.1) is 5.82 Å². The summed E-state index contributed by atoms with van der Waals surface area (Å²) in [4.78, 5) is 12.4. The number of aromatic nitrogens is 1. The lowest BCUT2D eigenvalue weighted by Crippen LogP contribution is -2.23. The summed E-state index contributed by atoms with van der Waals surface area (Å²) in [6.45, 7) is 1.77. The van der Waals surface area contributed by atoms with Gasteiger partial charge in [-0.25, -0.2) is 4.39 Å². The van der Waals surface area contributed by atoms with Crippen molar-refractivity contribution in [3.8, 4) is 0 Å². The highest BCUT2D eigenvalue weighted by Gasteiger charge is 2.17. The number of benzene rings is 2. The molecular weight excluding hydrogens is 281 g/mol. The predicted octanol–water partition coefficient (Wildman–Crippen LogP) is 3.56. The van der Waals surface area contributed by atoms with E-state index in [1.807, 2.05) is 0 Å². The fourth-order valence-corrected chi connectivity index (χ4v) is 2.43. The van der Waals surface area contributed by atoms with Crippen molar-refractivity contribution in [1.29, 1.82) is 0 Å². The number of fused-ring (bicyclic) bond motifs is 1. The average molecular weight is 297 g/mol. The van der Waals surface area contributed by atoms with Gasteiger partial charge in [0.05, 0.1) is 5.52 Å². The molecule has 3 rings (SSSR count). The maximum atomic E-state index is 13.7. The Bertz CT molecular complexity index is 824. The quantitative estimate of drug-likeness (QED) is 0.726. The second-order valence-electron chi connectivity index (χ2n) is 5.18. The highest BCUT2D eigenvalue weighted by atomic mass is 19.1. The number of carbonyl (C=O) groups excluding carboxylic acids is 1. The SMILES string of the molecule is C[C@H](C(=O)Nc1ccc(N)cc1)n1ccc2c(F)cccc21. The minimum absolute atomic E-state index is 0.175. The molecule has 0 aliphatic carbocycles. The number of nitrogen functional groups attached to an aromatic ring is 1. The van der Waals surface area contributed by atoms with E-state index in [0.29, 0.717) is 22.3 Å². The zero-order valence-corrected chi connectivity index (χ0v) is 12.1. The van der Waals surface area contributed by atoms with Crippen molar-refractivity contribution in [2.45, 2.75) is 13.0 Å². The lowest BCUT2D eigenvalue weighted by Gasteiger charge is -2.15. The van der Waals surface area contributed by atoms with Crippen molar-refractivity contribution in [3.63, 3.8) is 0 Å². The first-order valence-electron chi connectivity index (χ1n) is 6.98. The maximum Gasteiger partial charge on any atom is 0.247 e. The standard InChI is InChI=1S/C17H16FN3O/c1-11(17(22)20-13-7-5-12(19)6-8-13)21-10-9-14-15(18)3-2-4-16(14)21/h2-11H,19H2,1H3,(H,20,22)/t11-/m1/s1. The van der Waals surface area contributed by atoms with E-state index in [9.17, 15) is 9.18 Å². The molecule has 22 heavy (non-hydrogen) atoms. The number of nitrogens with two attached hydrogens (primary N) is 1. The molecule has 0 saturated heterocycles. The van der Waals surface area contributed by atoms with E-state index < -0.39 is 6.04 Å². The Kier molecular flexibility index (Phi) is 3.55. The summed E-state index contributed by atoms with van der Waals surface area (Å²) >= 11 is 0. The minimum atomic E-state index is -0.461. The Morgan fingerprint density at radius 2 is 1.91 bits per heavy atom. The van der Waals surface area contributed by atoms with Gasteiger partial charge in [0.1, 0.15) is 11.9 Å². The highest BCUT2D eigenvalue weighted by molar-refractivity contribution is 5.95. The highest BCUT2D eigenvalue weighted by Crippen LogP contribution is 2.23. The van der Waals surface area contributed by atoms with Crippen LogP contribution in [0.1, 0.15) is 13.0 Å². The number of rotatable bonds is 3. The van der Waals surface area contributed by atoms with Gasteiger partial charge in [0.15, 0.2) is 0 Å². The fourth-order valence-electron chi connectivity index (χ4n) is 2.43. The summed E-state index contributed by atoms with van der Waals surface area (Å²) in [6.07, 6.45) is 1.72. The molecule has 3 aromatic rings. The Balaban J connectivity index is 1.85. The molecule has 4 nitrogen and oxygen atoms in total. The second-order valence-corrected chi connectivity index (χ2v) is 5.18. The molecule has 3 N–H and O–H groups in total. The molecule has 0 aliphatic heterocycles. The first-order chi connectivity index (χ1) is 10.6. The van der Waals surface area contributed by atoms with Crippen LogP contribution in [0.25, 0.3) is 10.9 Å². The van der Waals surface area contributed by atoms with Crippen LogP contribution in [0.4, 0.5) is 15.8 Å². The second kappa shape index (κ2) is 5.52. The van der Waals surface area contributed by atoms with Gasteiger partial charge in [-0.1, -0.05) is 6.07 Å². The molecule has 1 atom stereocenters. The molecule has 0 fully saturated rings. The van der Waals surface area contributed by atoms with Gasteiger partial charge < -0.3 is 15.6 Å². The number of hydrogen-bond donors (Lipinski definition) is 2. The van der Waals surface area contributed by atoms with Crippen molar-refractivity contribution in [2.75, 3.05) is 11.1 Å². The molecule has 5 heteroatoms. The van der Waals surface area contributed by atoms with E-state index in [2.05, 4.69) is 5.32 Å². The third-order valence-electron chi connectivity index (χ3n) is 3.68. The van der Waals surface area contributed by atoms with Crippen molar-refractivity contribution in [3.05, 3.63) is 60.5 Å². The summed E-state index contributed by atoms with van der Waals surface area (Å²) in [7, 11) is 0. The number of hydrogen-bond acceptors (Lipinski definition) is 2. The summed E-state index contributed by atoms with van der Waals surface area (Å²) < 4.78 is 15.5. The monoisotopic (exact) mass is 297 g/mol. The van der Waals surface area contributed by atoms with Gasteiger partial charge in [-0.3, -0.25) is 4.79 Å². The molecule has 0 unspecified atom stereocenters. The Morgan fingerprint density at radius 3 is 2.64 bits per heavy atom. The molecule has 0 spiro atoms. The third kappa shape index (κ3) is 2.53. The van der Waals surface area contributed by atoms with Crippen LogP contribution in [-0.2, 0) is 4.79 Å². The van der Waals surface area contributed by atoms with Crippen molar-refractivity contribution in [1.82, 2.24) is 4.57 Å². The van der Waals surface area contributed by atoms with E-state index in [4.69, 9.17) is 5.73 Å². The molecule has 0 radical (unpaired) electrons. The van der Waals surface area contributed by atoms with E-state index in [1.165, 1.54) is 6.07 Å². The van der Waals surface area contributed by atoms with Crippen molar-refractivity contribution in [2.24, 2.45) is 0 Å². The number of amides is 1. The lowest BCUT2D eigenvalue weighted by molar-refractivity contribution is -0.118. The normalized spacial score (nSPS) is 12.3. The fraction of sp³-hybridized carbons (Fsp3) is 0.118. The Labute approximate surface area is 127 Å². The average Bonchev–Trinajstić information content (AvgIpc) is 2.94. The number of nitrogens with zero attached hydrogens (tertiary/aromatic N) is 1. The molecule has 112 valence electrons. The molecule has 0 aliphatic rings. The van der Waals surface area contributed by atoms with Gasteiger partial charge in [0.25, 0.3) is 0 Å². The van der Waals surface area contributed by atoms with Gasteiger partial charge in [-0.15, -0.1) is 0 Å². The predicted molar refractivity (Wildman–Crippen MR) is 86.1 cm³/mol. The molecule has 0 bridgehead atoms. The first-order valence-corrected chi connectivity index (χ1v) is 6.98. The summed E-state index contributed by atoms with van der Waals surface area (Å²) in [5.74, 6) is -0.464. The number of nitrogens with one attached hydrogen (secondary N) is 1. The Morgan fingerprint density at radius 1 is 1.18 bits per heavy atom. The lowest BCUT2D eigenvalue weighted by atomic mass is 10.2. The topological polar surface area (TPSA) is 60.1 Å². The molecule has 2 aromatic carbocycles.